The van der Waals surface area contributed by atoms with Crippen LogP contribution in [0, 0.1) is 22.2 Å². The van der Waals surface area contributed by atoms with Gasteiger partial charge in [0.2, 0.25) is 0 Å². The average Bonchev–Trinajstić information content (AvgIpc) is 1.97. The molecule has 1 nitrogen and oxygen atoms in total. The second kappa shape index (κ2) is 8.14. The predicted octanol–water partition coefficient (Wildman–Crippen LogP) is 8.42. The third-order valence-corrected chi connectivity index (χ3v) is 4.61. The Morgan fingerprint density at radius 3 is 0.500 bits per heavy atom. The summed E-state index contributed by atoms with van der Waals surface area (Å²) < 4.78 is 0. The molecule has 0 amide bonds. The fourth-order valence-corrected chi connectivity index (χ4v) is 6.92. The molecule has 0 aliphatic heterocycles. The number of rotatable bonds is 0. The lowest BCUT2D eigenvalue weighted by Crippen LogP contribution is -2.60. The van der Waals surface area contributed by atoms with Crippen LogP contribution in [-0.4, -0.2) is 21.5 Å². The maximum absolute atomic E-state index is 2.56. The molecule has 0 saturated heterocycles. The van der Waals surface area contributed by atoms with E-state index in [1.54, 1.807) is 0 Å². The van der Waals surface area contributed by atoms with Crippen molar-refractivity contribution in [1.82, 2.24) is 4.90 Å². The molecule has 0 fully saturated rings. The highest BCUT2D eigenvalue weighted by Crippen LogP contribution is 2.49. The fraction of sp³-hybridized carbons (Fsp3) is 1.00. The zero-order valence-electron chi connectivity index (χ0n) is 22.0. The highest BCUT2D eigenvalue weighted by atomic mass is 15.3. The Morgan fingerprint density at radius 1 is 0.346 bits per heavy atom. The Hall–Kier alpha value is -0.0400. The smallest absolute Gasteiger partial charge is 0.0135 e. The summed E-state index contributed by atoms with van der Waals surface area (Å²) in [6.07, 6.45) is 0. The second-order valence-electron chi connectivity index (χ2n) is 14.4. The van der Waals surface area contributed by atoms with E-state index in [0.717, 1.165) is 5.92 Å². The van der Waals surface area contributed by atoms with E-state index in [1.807, 2.05) is 0 Å². The maximum atomic E-state index is 2.56. The first-order valence-electron chi connectivity index (χ1n) is 10.5. The van der Waals surface area contributed by atoms with Crippen molar-refractivity contribution in [3.8, 4) is 0 Å². The van der Waals surface area contributed by atoms with Crippen molar-refractivity contribution in [2.24, 2.45) is 22.2 Å². The van der Waals surface area contributed by atoms with Crippen LogP contribution in [0.25, 0.3) is 0 Å². The van der Waals surface area contributed by atoms with Crippen LogP contribution in [0.3, 0.4) is 0 Å². The molecular formula is C25H55N. The van der Waals surface area contributed by atoms with Crippen molar-refractivity contribution in [3.63, 3.8) is 0 Å². The summed E-state index contributed by atoms with van der Waals surface area (Å²) in [7, 11) is 0. The Kier molecular flexibility index (Phi) is 8.82. The van der Waals surface area contributed by atoms with Gasteiger partial charge in [0.25, 0.3) is 0 Å². The number of hydrogen-bond donors (Lipinski definition) is 0. The van der Waals surface area contributed by atoms with Gasteiger partial charge < -0.3 is 0 Å². The summed E-state index contributed by atoms with van der Waals surface area (Å²) in [5, 5.41) is 0. The van der Waals surface area contributed by atoms with Crippen LogP contribution in [0.1, 0.15) is 125 Å². The minimum atomic E-state index is 0.219. The molecule has 0 heterocycles. The summed E-state index contributed by atoms with van der Waals surface area (Å²) in [4.78, 5) is 2.56. The zero-order chi connectivity index (χ0) is 22.2. The molecule has 0 N–H and O–H groups in total. The topological polar surface area (TPSA) is 3.24 Å². The van der Waals surface area contributed by atoms with E-state index >= 15 is 0 Å². The Labute approximate surface area is 168 Å². The molecule has 1 heteroatoms. The number of nitrogens with zero attached hydrogens (tertiary/aromatic N) is 1. The minimum Gasteiger partial charge on any atom is -0.289 e. The van der Waals surface area contributed by atoms with E-state index in [0.29, 0.717) is 16.2 Å². The molecule has 0 aromatic rings. The van der Waals surface area contributed by atoms with Crippen LogP contribution in [0.2, 0.25) is 0 Å². The van der Waals surface area contributed by atoms with Crippen LogP contribution < -0.4 is 0 Å². The van der Waals surface area contributed by atoms with Gasteiger partial charge in [-0.3, -0.25) is 4.90 Å². The van der Waals surface area contributed by atoms with Gasteiger partial charge in [-0.15, -0.1) is 0 Å². The largest absolute Gasteiger partial charge is 0.289 e. The Balaban J connectivity index is 0. The van der Waals surface area contributed by atoms with E-state index in [1.165, 1.54) is 0 Å². The first-order valence-corrected chi connectivity index (χ1v) is 10.5. The summed E-state index contributed by atoms with van der Waals surface area (Å²) >= 11 is 0. The molecule has 0 rings (SSSR count). The van der Waals surface area contributed by atoms with Crippen LogP contribution in [-0.2, 0) is 0 Å². The van der Waals surface area contributed by atoms with Crippen molar-refractivity contribution in [3.05, 3.63) is 0 Å². The first-order chi connectivity index (χ1) is 10.7. The normalized spacial score (nSPS) is 15.2. The van der Waals surface area contributed by atoms with Gasteiger partial charge in [-0.2, -0.15) is 0 Å². The quantitative estimate of drug-likeness (QED) is 0.414. The molecule has 0 aliphatic carbocycles. The van der Waals surface area contributed by atoms with Crippen LogP contribution in [0.15, 0.2) is 0 Å². The van der Waals surface area contributed by atoms with Crippen molar-refractivity contribution < 1.29 is 0 Å². The van der Waals surface area contributed by atoms with Gasteiger partial charge in [-0.05, 0) is 84.5 Å². The van der Waals surface area contributed by atoms with E-state index in [9.17, 15) is 0 Å². The van der Waals surface area contributed by atoms with Gasteiger partial charge in [0.15, 0.2) is 0 Å². The van der Waals surface area contributed by atoms with Gasteiger partial charge in [0.05, 0.1) is 0 Å². The molecule has 160 valence electrons. The molecule has 0 radical (unpaired) electrons. The molecule has 26 heavy (non-hydrogen) atoms. The van der Waals surface area contributed by atoms with Crippen molar-refractivity contribution in [2.75, 3.05) is 0 Å². The molecule has 0 aliphatic rings. The van der Waals surface area contributed by atoms with E-state index in [4.69, 9.17) is 0 Å². The highest BCUT2D eigenvalue weighted by molar-refractivity contribution is 4.94. The SMILES string of the molecule is CC(C)(C)C(C(C)(C)C)C(C)(C)C.CC(C)(C)N(C(C)(C)C)C(C)(C)C. The fourth-order valence-electron chi connectivity index (χ4n) is 6.92. The molecule has 0 aromatic heterocycles. The third kappa shape index (κ3) is 9.77. The van der Waals surface area contributed by atoms with Gasteiger partial charge in [0, 0.05) is 16.6 Å². The van der Waals surface area contributed by atoms with E-state index < -0.39 is 0 Å². The van der Waals surface area contributed by atoms with Crippen molar-refractivity contribution in [1.29, 1.82) is 0 Å². The predicted molar refractivity (Wildman–Crippen MR) is 123 cm³/mol. The van der Waals surface area contributed by atoms with Crippen molar-refractivity contribution in [2.45, 2.75) is 141 Å². The molecule has 0 aromatic carbocycles. The second-order valence-corrected chi connectivity index (χ2v) is 14.4. The summed E-state index contributed by atoms with van der Waals surface area (Å²) in [5.74, 6) is 0.729. The lowest BCUT2D eigenvalue weighted by Gasteiger charge is -2.53. The summed E-state index contributed by atoms with van der Waals surface area (Å²) in [6.45, 7) is 41.7. The summed E-state index contributed by atoms with van der Waals surface area (Å²) in [5.41, 5.74) is 1.81. The zero-order valence-corrected chi connectivity index (χ0v) is 22.0. The average molecular weight is 370 g/mol. The van der Waals surface area contributed by atoms with Gasteiger partial charge >= 0.3 is 0 Å². The molecular weight excluding hydrogens is 314 g/mol. The molecule has 0 saturated carbocycles. The lowest BCUT2D eigenvalue weighted by atomic mass is 9.56. The van der Waals surface area contributed by atoms with E-state index in [-0.39, 0.29) is 16.6 Å². The van der Waals surface area contributed by atoms with Crippen LogP contribution in [0.4, 0.5) is 0 Å². The van der Waals surface area contributed by atoms with Crippen LogP contribution in [0.5, 0.6) is 0 Å². The summed E-state index contributed by atoms with van der Waals surface area (Å²) in [6, 6.07) is 0. The van der Waals surface area contributed by atoms with E-state index in [2.05, 4.69) is 130 Å². The molecule has 0 atom stereocenters. The van der Waals surface area contributed by atoms with Crippen molar-refractivity contribution >= 4 is 0 Å². The maximum Gasteiger partial charge on any atom is 0.0135 e. The third-order valence-electron chi connectivity index (χ3n) is 4.61. The lowest BCUT2D eigenvalue weighted by molar-refractivity contribution is -0.0403. The van der Waals surface area contributed by atoms with Gasteiger partial charge in [-0.25, -0.2) is 0 Å². The first kappa shape index (κ1) is 28.2. The van der Waals surface area contributed by atoms with Crippen LogP contribution >= 0.6 is 0 Å². The Morgan fingerprint density at radius 2 is 0.500 bits per heavy atom. The van der Waals surface area contributed by atoms with Gasteiger partial charge in [0.1, 0.15) is 0 Å². The molecule has 0 spiro atoms. The molecule has 0 bridgehead atoms. The highest BCUT2D eigenvalue weighted by Gasteiger charge is 2.42. The Bertz CT molecular complexity index is 293. The van der Waals surface area contributed by atoms with Gasteiger partial charge in [-0.1, -0.05) is 62.3 Å². The standard InChI is InChI=1S/C13H28.C12H27N/c1-11(2,3)10(12(4,5)6)13(7,8)9;1-10(2,3)13(11(4,5)6)12(7,8)9/h10H,1-9H3;1-9H3. The monoisotopic (exact) mass is 369 g/mol. The number of hydrogen-bond acceptors (Lipinski definition) is 1. The minimum absolute atomic E-state index is 0.219. The molecule has 0 unspecified atom stereocenters.